The highest BCUT2D eigenvalue weighted by molar-refractivity contribution is 8.13. The lowest BCUT2D eigenvalue weighted by Crippen LogP contribution is -2.59. The summed E-state index contributed by atoms with van der Waals surface area (Å²) in [4.78, 5) is 25.1. The van der Waals surface area contributed by atoms with E-state index >= 15 is 0 Å². The lowest BCUT2D eigenvalue weighted by Gasteiger charge is -2.50. The molecule has 0 aliphatic heterocycles. The number of rotatable bonds is 6. The minimum atomic E-state index is -1.34. The third-order valence-electron chi connectivity index (χ3n) is 5.42. The van der Waals surface area contributed by atoms with Gasteiger partial charge in [-0.25, -0.2) is 0 Å². The predicted octanol–water partition coefficient (Wildman–Crippen LogP) is 4.15. The van der Waals surface area contributed by atoms with Gasteiger partial charge < -0.3 is 5.11 Å². The minimum absolute atomic E-state index is 0.0294. The fraction of sp³-hybridized carbons (Fsp3) is 0.500. The Morgan fingerprint density at radius 2 is 2.04 bits per heavy atom. The number of carbonyl (C=O) groups excluding carboxylic acids is 2. The van der Waals surface area contributed by atoms with Crippen molar-refractivity contribution >= 4 is 22.7 Å². The lowest BCUT2D eigenvalue weighted by molar-refractivity contribution is -0.167. The molecular weight excluding hydrogens is 320 g/mol. The van der Waals surface area contributed by atoms with E-state index in [1.54, 1.807) is 13.0 Å². The van der Waals surface area contributed by atoms with Crippen LogP contribution >= 0.6 is 11.8 Å². The Morgan fingerprint density at radius 3 is 2.62 bits per heavy atom. The molecule has 1 aromatic carbocycles. The maximum absolute atomic E-state index is 12.8. The summed E-state index contributed by atoms with van der Waals surface area (Å²) < 4.78 is 0. The van der Waals surface area contributed by atoms with Crippen molar-refractivity contribution in [2.24, 2.45) is 11.3 Å². The van der Waals surface area contributed by atoms with Crippen LogP contribution in [0.4, 0.5) is 0 Å². The molecule has 0 amide bonds. The molecule has 0 saturated heterocycles. The van der Waals surface area contributed by atoms with Gasteiger partial charge in [-0.1, -0.05) is 54.6 Å². The van der Waals surface area contributed by atoms with Crippen LogP contribution in [0.3, 0.4) is 0 Å². The first-order chi connectivity index (χ1) is 11.3. The zero-order valence-electron chi connectivity index (χ0n) is 14.5. The summed E-state index contributed by atoms with van der Waals surface area (Å²) >= 11 is 1.23. The Hall–Kier alpha value is -1.39. The highest BCUT2D eigenvalue weighted by atomic mass is 32.2. The molecule has 2 rings (SSSR count). The van der Waals surface area contributed by atoms with Gasteiger partial charge in [-0.2, -0.15) is 0 Å². The van der Waals surface area contributed by atoms with Crippen molar-refractivity contribution in [2.75, 3.05) is 0 Å². The smallest absolute Gasteiger partial charge is 0.195 e. The van der Waals surface area contributed by atoms with Gasteiger partial charge in [0.15, 0.2) is 5.12 Å². The largest absolute Gasteiger partial charge is 0.388 e. The third kappa shape index (κ3) is 3.50. The van der Waals surface area contributed by atoms with E-state index in [1.807, 2.05) is 30.3 Å². The maximum atomic E-state index is 12.8. The van der Waals surface area contributed by atoms with Gasteiger partial charge in [0.2, 0.25) is 0 Å². The van der Waals surface area contributed by atoms with Crippen molar-refractivity contribution in [3.05, 3.63) is 48.6 Å². The van der Waals surface area contributed by atoms with Crippen molar-refractivity contribution < 1.29 is 14.7 Å². The lowest BCUT2D eigenvalue weighted by atomic mass is 9.56. The highest BCUT2D eigenvalue weighted by Crippen LogP contribution is 2.51. The van der Waals surface area contributed by atoms with E-state index in [4.69, 9.17) is 0 Å². The molecule has 3 nitrogen and oxygen atoms in total. The van der Waals surface area contributed by atoms with Crippen LogP contribution in [0.1, 0.15) is 45.1 Å². The zero-order chi connectivity index (χ0) is 17.8. The van der Waals surface area contributed by atoms with E-state index in [0.717, 1.165) is 12.0 Å². The molecule has 0 heterocycles. The second kappa shape index (κ2) is 7.66. The maximum Gasteiger partial charge on any atom is 0.195 e. The molecule has 0 spiro atoms. The van der Waals surface area contributed by atoms with Crippen molar-refractivity contribution in [1.82, 2.24) is 0 Å². The van der Waals surface area contributed by atoms with Crippen LogP contribution in [-0.4, -0.2) is 21.6 Å². The number of carbonyl (C=O) groups is 2. The topological polar surface area (TPSA) is 54.4 Å². The van der Waals surface area contributed by atoms with E-state index < -0.39 is 16.9 Å². The molecule has 1 fully saturated rings. The van der Waals surface area contributed by atoms with Crippen molar-refractivity contribution in [3.63, 3.8) is 0 Å². The molecular formula is C20H26O3S. The van der Waals surface area contributed by atoms with Gasteiger partial charge in [0.1, 0.15) is 5.78 Å². The summed E-state index contributed by atoms with van der Waals surface area (Å²) in [6, 6.07) is 9.80. The summed E-state index contributed by atoms with van der Waals surface area (Å²) in [6.45, 7) is 6.91. The standard InChI is InChI=1S/C20H26O3S/c1-4-12-20(15(2)21)13-8-11-17(19(20,3)23)18(22)24-14-16-9-6-5-7-10-16/h4-7,9-10,17,23H,1,8,11-14H2,2-3H3/t17-,19+,20+/m0/s1. The molecule has 1 aliphatic rings. The quantitative estimate of drug-likeness (QED) is 0.786. The molecule has 0 bridgehead atoms. The van der Waals surface area contributed by atoms with Crippen molar-refractivity contribution in [3.8, 4) is 0 Å². The Morgan fingerprint density at radius 1 is 1.38 bits per heavy atom. The van der Waals surface area contributed by atoms with Crippen molar-refractivity contribution in [1.29, 1.82) is 0 Å². The van der Waals surface area contributed by atoms with Gasteiger partial charge in [-0.15, -0.1) is 6.58 Å². The first-order valence-corrected chi connectivity index (χ1v) is 9.38. The first kappa shape index (κ1) is 18.9. The molecule has 1 saturated carbocycles. The van der Waals surface area contributed by atoms with Gasteiger partial charge in [0.05, 0.1) is 16.9 Å². The number of allylic oxidation sites excluding steroid dienone is 1. The normalized spacial score (nSPS) is 29.9. The average molecular weight is 346 g/mol. The second-order valence-electron chi connectivity index (χ2n) is 6.82. The summed E-state index contributed by atoms with van der Waals surface area (Å²) in [5.74, 6) is 0.00242. The molecule has 0 radical (unpaired) electrons. The molecule has 24 heavy (non-hydrogen) atoms. The molecule has 3 atom stereocenters. The number of hydrogen-bond acceptors (Lipinski definition) is 4. The molecule has 130 valence electrons. The van der Waals surface area contributed by atoms with E-state index in [0.29, 0.717) is 25.0 Å². The van der Waals surface area contributed by atoms with Crippen LogP contribution < -0.4 is 0 Å². The van der Waals surface area contributed by atoms with Crippen LogP contribution in [0.25, 0.3) is 0 Å². The summed E-state index contributed by atoms with van der Waals surface area (Å²) in [5, 5.41) is 11.2. The average Bonchev–Trinajstić information content (AvgIpc) is 2.55. The predicted molar refractivity (Wildman–Crippen MR) is 98.6 cm³/mol. The van der Waals surface area contributed by atoms with Gasteiger partial charge >= 0.3 is 0 Å². The molecule has 1 N–H and O–H groups in total. The third-order valence-corrected chi connectivity index (χ3v) is 6.47. The highest BCUT2D eigenvalue weighted by Gasteiger charge is 2.57. The van der Waals surface area contributed by atoms with Gasteiger partial charge in [-0.3, -0.25) is 9.59 Å². The van der Waals surface area contributed by atoms with Gasteiger partial charge in [0.25, 0.3) is 0 Å². The molecule has 0 unspecified atom stereocenters. The Kier molecular flexibility index (Phi) is 6.05. The van der Waals surface area contributed by atoms with E-state index in [-0.39, 0.29) is 10.9 Å². The Labute approximate surface area is 148 Å². The summed E-state index contributed by atoms with van der Waals surface area (Å²) in [7, 11) is 0. The van der Waals surface area contributed by atoms with Crippen LogP contribution in [0.5, 0.6) is 0 Å². The fourth-order valence-corrected chi connectivity index (χ4v) is 4.93. The number of benzene rings is 1. The van der Waals surface area contributed by atoms with E-state index in [9.17, 15) is 14.7 Å². The van der Waals surface area contributed by atoms with Crippen LogP contribution in [0.15, 0.2) is 43.0 Å². The number of Topliss-reactive ketones (excluding diaryl/α,β-unsaturated/α-hetero) is 1. The molecule has 1 aliphatic carbocycles. The number of hydrogen-bond donors (Lipinski definition) is 1. The van der Waals surface area contributed by atoms with Crippen molar-refractivity contribution in [2.45, 2.75) is 50.9 Å². The second-order valence-corrected chi connectivity index (χ2v) is 7.80. The van der Waals surface area contributed by atoms with E-state index in [2.05, 4.69) is 6.58 Å². The van der Waals surface area contributed by atoms with Crippen LogP contribution in [-0.2, 0) is 15.3 Å². The van der Waals surface area contributed by atoms with Crippen LogP contribution in [0, 0.1) is 11.3 Å². The number of aliphatic hydroxyl groups is 1. The van der Waals surface area contributed by atoms with Crippen LogP contribution in [0.2, 0.25) is 0 Å². The van der Waals surface area contributed by atoms with Gasteiger partial charge in [0, 0.05) is 5.75 Å². The Balaban J connectivity index is 2.18. The number of thioether (sulfide) groups is 1. The summed E-state index contributed by atoms with van der Waals surface area (Å²) in [5.41, 5.74) is -1.16. The zero-order valence-corrected chi connectivity index (χ0v) is 15.3. The molecule has 4 heteroatoms. The van der Waals surface area contributed by atoms with Gasteiger partial charge in [-0.05, 0) is 38.7 Å². The van der Waals surface area contributed by atoms with E-state index in [1.165, 1.54) is 18.7 Å². The Bertz CT molecular complexity index is 609. The fourth-order valence-electron chi connectivity index (χ4n) is 3.88. The minimum Gasteiger partial charge on any atom is -0.388 e. The molecule has 0 aromatic heterocycles. The monoisotopic (exact) mass is 346 g/mol. The SMILES string of the molecule is C=CC[C@]1(C(C)=O)CCC[C@@H](C(=O)SCc2ccccc2)[C@@]1(C)O. The first-order valence-electron chi connectivity index (χ1n) is 8.40. The summed E-state index contributed by atoms with van der Waals surface area (Å²) in [6.07, 6.45) is 4.09. The number of ketones is 1. The molecule has 1 aromatic rings.